The topological polar surface area (TPSA) is 97.1 Å². The highest BCUT2D eigenvalue weighted by Crippen LogP contribution is 2.08. The fourth-order valence-electron chi connectivity index (χ4n) is 2.23. The molecule has 1 aromatic heterocycles. The lowest BCUT2D eigenvalue weighted by molar-refractivity contribution is -0.139. The van der Waals surface area contributed by atoms with Crippen LogP contribution in [0.15, 0.2) is 30.5 Å². The summed E-state index contributed by atoms with van der Waals surface area (Å²) < 4.78 is 14.6. The lowest BCUT2D eigenvalue weighted by atomic mass is 10.0. The van der Waals surface area contributed by atoms with E-state index in [4.69, 9.17) is 5.11 Å². The molecule has 1 unspecified atom stereocenters. The van der Waals surface area contributed by atoms with Crippen LogP contribution in [0.25, 0.3) is 0 Å². The summed E-state index contributed by atoms with van der Waals surface area (Å²) in [5.74, 6) is -1.93. The average molecular weight is 334 g/mol. The molecule has 128 valence electrons. The number of aromatic nitrogens is 3. The standard InChI is InChI=1S/C16H19FN4O3/c1-10(2)6-13(16(23)24)18-15(22)14-9-21(20-19-14)8-11-4-3-5-12(17)7-11/h3-5,7,9-10,13H,6,8H2,1-2H3,(H,18,22)(H,23,24). The highest BCUT2D eigenvalue weighted by molar-refractivity contribution is 5.94. The Morgan fingerprint density at radius 2 is 2.12 bits per heavy atom. The van der Waals surface area contributed by atoms with Gasteiger partial charge in [-0.1, -0.05) is 31.2 Å². The molecular weight excluding hydrogens is 315 g/mol. The molecule has 2 N–H and O–H groups in total. The summed E-state index contributed by atoms with van der Waals surface area (Å²) in [6.07, 6.45) is 1.72. The van der Waals surface area contributed by atoms with Gasteiger partial charge in [-0.25, -0.2) is 13.9 Å². The van der Waals surface area contributed by atoms with E-state index in [9.17, 15) is 14.0 Å². The van der Waals surface area contributed by atoms with E-state index in [2.05, 4.69) is 15.6 Å². The maximum absolute atomic E-state index is 13.2. The molecule has 0 aliphatic rings. The SMILES string of the molecule is CC(C)CC(NC(=O)c1cn(Cc2cccc(F)c2)nn1)C(=O)O. The first-order chi connectivity index (χ1) is 11.3. The van der Waals surface area contributed by atoms with Crippen LogP contribution in [-0.2, 0) is 11.3 Å². The second kappa shape index (κ2) is 7.67. The number of rotatable bonds is 7. The summed E-state index contributed by atoms with van der Waals surface area (Å²) in [5.41, 5.74) is 0.691. The second-order valence-electron chi connectivity index (χ2n) is 5.93. The van der Waals surface area contributed by atoms with Crippen LogP contribution in [0.4, 0.5) is 4.39 Å². The van der Waals surface area contributed by atoms with Crippen LogP contribution in [0.3, 0.4) is 0 Å². The summed E-state index contributed by atoms with van der Waals surface area (Å²) >= 11 is 0. The summed E-state index contributed by atoms with van der Waals surface area (Å²) in [6, 6.07) is 5.03. The number of carbonyl (C=O) groups excluding carboxylic acids is 1. The van der Waals surface area contributed by atoms with Gasteiger partial charge in [-0.3, -0.25) is 4.79 Å². The number of nitrogens with one attached hydrogen (secondary N) is 1. The summed E-state index contributed by atoms with van der Waals surface area (Å²) in [6.45, 7) is 4.00. The average Bonchev–Trinajstić information content (AvgIpc) is 2.94. The van der Waals surface area contributed by atoms with Gasteiger partial charge in [0, 0.05) is 0 Å². The molecule has 2 aromatic rings. The minimum absolute atomic E-state index is 0.0152. The number of carboxylic acid groups (broad SMARTS) is 1. The number of hydrogen-bond acceptors (Lipinski definition) is 4. The molecule has 0 saturated carbocycles. The van der Waals surface area contributed by atoms with Crippen molar-refractivity contribution in [1.82, 2.24) is 20.3 Å². The van der Waals surface area contributed by atoms with Crippen LogP contribution < -0.4 is 5.32 Å². The van der Waals surface area contributed by atoms with Crippen molar-refractivity contribution in [3.8, 4) is 0 Å². The first-order valence-electron chi connectivity index (χ1n) is 7.53. The van der Waals surface area contributed by atoms with Crippen LogP contribution >= 0.6 is 0 Å². The third kappa shape index (κ3) is 4.87. The van der Waals surface area contributed by atoms with Gasteiger partial charge in [0.1, 0.15) is 11.9 Å². The number of carboxylic acids is 1. The zero-order valence-electron chi connectivity index (χ0n) is 13.4. The number of benzene rings is 1. The Balaban J connectivity index is 2.03. The monoisotopic (exact) mass is 334 g/mol. The number of hydrogen-bond donors (Lipinski definition) is 2. The van der Waals surface area contributed by atoms with Crippen LogP contribution in [-0.4, -0.2) is 38.0 Å². The zero-order valence-corrected chi connectivity index (χ0v) is 13.4. The molecule has 0 aliphatic carbocycles. The van der Waals surface area contributed by atoms with Crippen LogP contribution in [0.5, 0.6) is 0 Å². The van der Waals surface area contributed by atoms with E-state index in [0.717, 1.165) is 0 Å². The van der Waals surface area contributed by atoms with E-state index in [1.807, 2.05) is 13.8 Å². The maximum Gasteiger partial charge on any atom is 0.326 e. The molecule has 1 amide bonds. The first-order valence-corrected chi connectivity index (χ1v) is 7.53. The number of amides is 1. The smallest absolute Gasteiger partial charge is 0.326 e. The van der Waals surface area contributed by atoms with Gasteiger partial charge >= 0.3 is 5.97 Å². The fourth-order valence-corrected chi connectivity index (χ4v) is 2.23. The van der Waals surface area contributed by atoms with E-state index in [1.165, 1.54) is 23.0 Å². The highest BCUT2D eigenvalue weighted by Gasteiger charge is 2.23. The maximum atomic E-state index is 13.2. The molecule has 24 heavy (non-hydrogen) atoms. The lowest BCUT2D eigenvalue weighted by Crippen LogP contribution is -2.41. The summed E-state index contributed by atoms with van der Waals surface area (Å²) in [5, 5.41) is 19.1. The van der Waals surface area contributed by atoms with Gasteiger partial charge in [0.05, 0.1) is 12.7 Å². The van der Waals surface area contributed by atoms with E-state index < -0.39 is 17.9 Å². The van der Waals surface area contributed by atoms with Crippen LogP contribution in [0.2, 0.25) is 0 Å². The van der Waals surface area contributed by atoms with Crippen molar-refractivity contribution in [2.45, 2.75) is 32.9 Å². The molecule has 1 aromatic carbocycles. The number of aliphatic carboxylic acids is 1. The molecule has 0 fully saturated rings. The molecule has 8 heteroatoms. The molecule has 1 heterocycles. The van der Waals surface area contributed by atoms with Crippen molar-refractivity contribution in [2.75, 3.05) is 0 Å². The molecule has 0 spiro atoms. The van der Waals surface area contributed by atoms with Gasteiger partial charge in [0.25, 0.3) is 5.91 Å². The quantitative estimate of drug-likeness (QED) is 0.803. The molecule has 1 atom stereocenters. The minimum atomic E-state index is -1.09. The Kier molecular flexibility index (Phi) is 5.62. The molecule has 2 rings (SSSR count). The molecule has 7 nitrogen and oxygen atoms in total. The van der Waals surface area contributed by atoms with Gasteiger partial charge in [-0.2, -0.15) is 0 Å². The first kappa shape index (κ1) is 17.6. The van der Waals surface area contributed by atoms with Crippen molar-refractivity contribution in [2.24, 2.45) is 5.92 Å². The molecule has 0 bridgehead atoms. The van der Waals surface area contributed by atoms with E-state index in [1.54, 1.807) is 12.1 Å². The third-order valence-corrected chi connectivity index (χ3v) is 3.32. The van der Waals surface area contributed by atoms with Gasteiger partial charge < -0.3 is 10.4 Å². The van der Waals surface area contributed by atoms with E-state index in [-0.39, 0.29) is 24.0 Å². The van der Waals surface area contributed by atoms with Gasteiger partial charge in [-0.15, -0.1) is 5.10 Å². The van der Waals surface area contributed by atoms with Crippen LogP contribution in [0, 0.1) is 11.7 Å². The Morgan fingerprint density at radius 3 is 2.75 bits per heavy atom. The Hall–Kier alpha value is -2.77. The zero-order chi connectivity index (χ0) is 17.7. The Labute approximate surface area is 138 Å². The van der Waals surface area contributed by atoms with Crippen molar-refractivity contribution in [3.05, 3.63) is 47.5 Å². The molecule has 0 aliphatic heterocycles. The van der Waals surface area contributed by atoms with E-state index in [0.29, 0.717) is 12.0 Å². The third-order valence-electron chi connectivity index (χ3n) is 3.32. The van der Waals surface area contributed by atoms with Crippen molar-refractivity contribution < 1.29 is 19.1 Å². The van der Waals surface area contributed by atoms with Gasteiger partial charge in [-0.05, 0) is 30.0 Å². The molecule has 0 radical (unpaired) electrons. The van der Waals surface area contributed by atoms with Crippen molar-refractivity contribution in [3.63, 3.8) is 0 Å². The summed E-state index contributed by atoms with van der Waals surface area (Å²) in [7, 11) is 0. The van der Waals surface area contributed by atoms with Crippen LogP contribution in [0.1, 0.15) is 36.3 Å². The molecular formula is C16H19FN4O3. The largest absolute Gasteiger partial charge is 0.480 e. The van der Waals surface area contributed by atoms with Gasteiger partial charge in [0.2, 0.25) is 0 Å². The minimum Gasteiger partial charge on any atom is -0.480 e. The Bertz CT molecular complexity index is 730. The lowest BCUT2D eigenvalue weighted by Gasteiger charge is -2.15. The van der Waals surface area contributed by atoms with Crippen molar-refractivity contribution >= 4 is 11.9 Å². The number of nitrogens with zero attached hydrogens (tertiary/aromatic N) is 3. The molecule has 0 saturated heterocycles. The highest BCUT2D eigenvalue weighted by atomic mass is 19.1. The second-order valence-corrected chi connectivity index (χ2v) is 5.93. The van der Waals surface area contributed by atoms with Crippen molar-refractivity contribution in [1.29, 1.82) is 0 Å². The number of carbonyl (C=O) groups is 2. The van der Waals surface area contributed by atoms with E-state index >= 15 is 0 Å². The summed E-state index contributed by atoms with van der Waals surface area (Å²) in [4.78, 5) is 23.3. The Morgan fingerprint density at radius 1 is 1.38 bits per heavy atom. The normalized spacial score (nSPS) is 12.2. The number of halogens is 1. The predicted octanol–water partition coefficient (Wildman–Crippen LogP) is 1.69. The van der Waals surface area contributed by atoms with Gasteiger partial charge in [0.15, 0.2) is 5.69 Å². The fraction of sp³-hybridized carbons (Fsp3) is 0.375. The predicted molar refractivity (Wildman–Crippen MR) is 83.9 cm³/mol.